The maximum atomic E-state index is 12.9. The summed E-state index contributed by atoms with van der Waals surface area (Å²) in [6, 6.07) is 9.77. The first-order chi connectivity index (χ1) is 13.3. The molecule has 0 heterocycles. The first-order valence-electron chi connectivity index (χ1n) is 11.0. The van der Waals surface area contributed by atoms with Gasteiger partial charge in [0.25, 0.3) is 0 Å². The minimum absolute atomic E-state index is 0.177. The number of benzene rings is 1. The van der Waals surface area contributed by atoms with Crippen LogP contribution in [-0.4, -0.2) is 32.9 Å². The smallest absolute Gasteiger partial charge is 0.314 e. The first kappa shape index (κ1) is 26.0. The molecular formula is C25H44O3S. The topological polar surface area (TPSA) is 46.5 Å². The van der Waals surface area contributed by atoms with Gasteiger partial charge in [0.1, 0.15) is 5.44 Å². The minimum Gasteiger partial charge on any atom is -0.465 e. The number of carbonyl (C=O) groups excluding carboxylic acids is 1. The van der Waals surface area contributed by atoms with Crippen molar-refractivity contribution in [3.05, 3.63) is 35.9 Å². The fraction of sp³-hybridized carbons (Fsp3) is 0.720. The second-order valence-corrected chi connectivity index (χ2v) is 15.2. The lowest BCUT2D eigenvalue weighted by Gasteiger charge is -2.61. The zero-order chi connectivity index (χ0) is 22.3. The van der Waals surface area contributed by atoms with Gasteiger partial charge in [0.05, 0.1) is 12.4 Å². The van der Waals surface area contributed by atoms with Crippen molar-refractivity contribution in [2.24, 2.45) is 5.92 Å². The predicted molar refractivity (Wildman–Crippen MR) is 128 cm³/mol. The average molecular weight is 425 g/mol. The number of carbonyl (C=O) groups is 1. The largest absolute Gasteiger partial charge is 0.465 e. The van der Waals surface area contributed by atoms with Crippen LogP contribution in [0.15, 0.2) is 30.3 Å². The fourth-order valence-electron chi connectivity index (χ4n) is 4.20. The van der Waals surface area contributed by atoms with Crippen LogP contribution in [0.4, 0.5) is 0 Å². The van der Waals surface area contributed by atoms with E-state index in [2.05, 4.69) is 55.4 Å². The van der Waals surface area contributed by atoms with E-state index in [9.17, 15) is 9.90 Å². The molecule has 0 fully saturated rings. The molecule has 0 radical (unpaired) electrons. The van der Waals surface area contributed by atoms with Gasteiger partial charge >= 0.3 is 5.97 Å². The van der Waals surface area contributed by atoms with Gasteiger partial charge in [0.2, 0.25) is 0 Å². The van der Waals surface area contributed by atoms with E-state index in [1.54, 1.807) is 0 Å². The summed E-state index contributed by atoms with van der Waals surface area (Å²) in [4.78, 5) is 12.9. The molecule has 1 N–H and O–H groups in total. The van der Waals surface area contributed by atoms with Crippen LogP contribution in [0.3, 0.4) is 0 Å². The van der Waals surface area contributed by atoms with Gasteiger partial charge in [-0.05, 0) is 27.4 Å². The molecular weight excluding hydrogens is 380 g/mol. The van der Waals surface area contributed by atoms with Crippen LogP contribution in [0.2, 0.25) is 0 Å². The molecule has 0 aromatic heterocycles. The average Bonchev–Trinajstić information content (AvgIpc) is 2.60. The van der Waals surface area contributed by atoms with Crippen LogP contribution >= 0.6 is 10.0 Å². The van der Waals surface area contributed by atoms with Gasteiger partial charge in [0.15, 0.2) is 0 Å². The molecule has 1 atom stereocenters. The number of ether oxygens (including phenoxy) is 1. The number of esters is 1. The predicted octanol–water partition coefficient (Wildman–Crippen LogP) is 6.84. The number of rotatable bonds is 10. The quantitative estimate of drug-likeness (QED) is 0.330. The number of hydrogen-bond donors (Lipinski definition) is 1. The third kappa shape index (κ3) is 7.03. The van der Waals surface area contributed by atoms with Crippen molar-refractivity contribution in [1.29, 1.82) is 0 Å². The Morgan fingerprint density at radius 3 is 2.00 bits per heavy atom. The van der Waals surface area contributed by atoms with Crippen molar-refractivity contribution in [1.82, 2.24) is 0 Å². The van der Waals surface area contributed by atoms with Crippen molar-refractivity contribution in [2.75, 3.05) is 12.4 Å². The molecule has 0 aliphatic carbocycles. The zero-order valence-electron chi connectivity index (χ0n) is 20.0. The summed E-state index contributed by atoms with van der Waals surface area (Å²) in [5.74, 6) is 0.825. The van der Waals surface area contributed by atoms with E-state index in [0.29, 0.717) is 6.61 Å². The number of unbranched alkanes of at least 4 members (excludes halogenated alkanes) is 2. The van der Waals surface area contributed by atoms with Crippen molar-refractivity contribution in [3.63, 3.8) is 0 Å². The summed E-state index contributed by atoms with van der Waals surface area (Å²) >= 11 is 0. The van der Waals surface area contributed by atoms with Crippen LogP contribution < -0.4 is 0 Å². The first-order valence-corrected chi connectivity index (χ1v) is 12.9. The van der Waals surface area contributed by atoms with Crippen molar-refractivity contribution in [2.45, 2.75) is 96.0 Å². The Balaban J connectivity index is 2.97. The summed E-state index contributed by atoms with van der Waals surface area (Å²) in [5.41, 5.74) is 0.205. The highest BCUT2D eigenvalue weighted by molar-refractivity contribution is 8.36. The van der Waals surface area contributed by atoms with Crippen LogP contribution in [0.25, 0.3) is 0 Å². The van der Waals surface area contributed by atoms with Crippen LogP contribution in [-0.2, 0) is 9.53 Å². The molecule has 3 nitrogen and oxygen atoms in total. The van der Waals surface area contributed by atoms with Crippen LogP contribution in [0.5, 0.6) is 0 Å². The van der Waals surface area contributed by atoms with Gasteiger partial charge in [-0.25, -0.2) is 0 Å². The number of aliphatic hydroxyl groups is 1. The summed E-state index contributed by atoms with van der Waals surface area (Å²) in [7, 11) is -1.84. The number of aliphatic hydroxyl groups excluding tert-OH is 1. The van der Waals surface area contributed by atoms with Gasteiger partial charge in [-0.3, -0.25) is 4.79 Å². The normalized spacial score (nSPS) is 14.7. The highest BCUT2D eigenvalue weighted by Crippen LogP contribution is 2.74. The highest BCUT2D eigenvalue weighted by atomic mass is 32.3. The van der Waals surface area contributed by atoms with E-state index in [1.165, 1.54) is 12.8 Å². The lowest BCUT2D eigenvalue weighted by molar-refractivity contribution is -0.140. The van der Waals surface area contributed by atoms with Crippen LogP contribution in [0.1, 0.15) is 92.1 Å². The Morgan fingerprint density at radius 2 is 1.52 bits per heavy atom. The van der Waals surface area contributed by atoms with Gasteiger partial charge in [0, 0.05) is 0 Å². The molecule has 4 heteroatoms. The van der Waals surface area contributed by atoms with Gasteiger partial charge in [-0.1, -0.05) is 105 Å². The molecule has 29 heavy (non-hydrogen) atoms. The summed E-state index contributed by atoms with van der Waals surface area (Å²) in [6.07, 6.45) is 4.40. The maximum absolute atomic E-state index is 12.9. The molecule has 0 bridgehead atoms. The van der Waals surface area contributed by atoms with Crippen molar-refractivity contribution >= 4 is 16.0 Å². The van der Waals surface area contributed by atoms with Crippen molar-refractivity contribution in [3.8, 4) is 0 Å². The molecule has 1 rings (SSSR count). The van der Waals surface area contributed by atoms with E-state index in [-0.39, 0.29) is 21.2 Å². The Hall–Kier alpha value is -1.00. The van der Waals surface area contributed by atoms with Crippen molar-refractivity contribution < 1.29 is 14.6 Å². The van der Waals surface area contributed by atoms with E-state index < -0.39 is 15.5 Å². The van der Waals surface area contributed by atoms with E-state index in [1.807, 2.05) is 30.3 Å². The lowest BCUT2D eigenvalue weighted by atomic mass is 10.1. The van der Waals surface area contributed by atoms with Gasteiger partial charge in [-0.15, -0.1) is 0 Å². The lowest BCUT2D eigenvalue weighted by Crippen LogP contribution is -2.45. The molecule has 1 aromatic carbocycles. The second kappa shape index (κ2) is 10.9. The van der Waals surface area contributed by atoms with E-state index in [0.717, 1.165) is 24.3 Å². The molecule has 0 aliphatic heterocycles. The van der Waals surface area contributed by atoms with E-state index in [4.69, 9.17) is 4.74 Å². The van der Waals surface area contributed by atoms with Crippen LogP contribution in [0, 0.1) is 5.92 Å². The Labute approximate surface area is 180 Å². The maximum Gasteiger partial charge on any atom is 0.314 e. The molecule has 0 aliphatic rings. The van der Waals surface area contributed by atoms with Gasteiger partial charge < -0.3 is 9.84 Å². The third-order valence-electron chi connectivity index (χ3n) is 5.69. The SMILES string of the molecule is CC(C)CCCCCOC(=O)CS(C(O)c1ccccc1)(C(C)(C)C)C(C)(C)C. The summed E-state index contributed by atoms with van der Waals surface area (Å²) < 4.78 is 5.20. The molecule has 0 saturated carbocycles. The summed E-state index contributed by atoms with van der Waals surface area (Å²) in [6.45, 7) is 17.9. The molecule has 1 aromatic rings. The van der Waals surface area contributed by atoms with Gasteiger partial charge in [-0.2, -0.15) is 10.0 Å². The highest BCUT2D eigenvalue weighted by Gasteiger charge is 2.52. The molecule has 0 spiro atoms. The Bertz CT molecular complexity index is 597. The Kier molecular flexibility index (Phi) is 9.75. The summed E-state index contributed by atoms with van der Waals surface area (Å²) in [5, 5.41) is 11.6. The molecule has 0 saturated heterocycles. The zero-order valence-corrected chi connectivity index (χ0v) is 20.8. The Morgan fingerprint density at radius 1 is 0.966 bits per heavy atom. The monoisotopic (exact) mass is 424 g/mol. The second-order valence-electron chi connectivity index (χ2n) is 10.4. The molecule has 168 valence electrons. The van der Waals surface area contributed by atoms with E-state index >= 15 is 0 Å². The molecule has 0 amide bonds. The number of hydrogen-bond acceptors (Lipinski definition) is 3. The standard InChI is InChI=1S/C25H44O3S/c1-20(2)15-11-10-14-18-28-22(26)19-29(24(3,4)5,25(6,7)8)23(27)21-16-12-9-13-17-21/h9,12-13,16-17,20,23,27H,10-11,14-15,18-19H2,1-8H3. The minimum atomic E-state index is -1.84. The molecule has 1 unspecified atom stereocenters. The third-order valence-corrected chi connectivity index (χ3v) is 11.8. The fourth-order valence-corrected chi connectivity index (χ4v) is 9.47.